The largest absolute Gasteiger partial charge is 0.381 e. The van der Waals surface area contributed by atoms with Gasteiger partial charge in [-0.25, -0.2) is 4.39 Å². The minimum atomic E-state index is -0.355. The number of carbonyl (C=O) groups excluding carboxylic acids is 1. The quantitative estimate of drug-likeness (QED) is 0.908. The molecule has 2 saturated heterocycles. The summed E-state index contributed by atoms with van der Waals surface area (Å²) in [6.07, 6.45) is 2.66. The van der Waals surface area contributed by atoms with E-state index in [1.807, 2.05) is 12.1 Å². The Hall–Kier alpha value is -1.66. The van der Waals surface area contributed by atoms with Gasteiger partial charge < -0.3 is 19.7 Å². The molecule has 3 aliphatic rings. The Labute approximate surface area is 147 Å². The van der Waals surface area contributed by atoms with Crippen LogP contribution in [-0.4, -0.2) is 52.1 Å². The van der Waals surface area contributed by atoms with Crippen molar-refractivity contribution in [2.75, 3.05) is 56.4 Å². The van der Waals surface area contributed by atoms with Gasteiger partial charge >= 0.3 is 0 Å². The average molecular weight is 348 g/mol. The van der Waals surface area contributed by atoms with Crippen LogP contribution in [0.25, 0.3) is 0 Å². The smallest absolute Gasteiger partial charge is 0.229 e. The molecule has 1 atom stereocenters. The van der Waals surface area contributed by atoms with Gasteiger partial charge in [0, 0.05) is 49.7 Å². The highest BCUT2D eigenvalue weighted by Gasteiger charge is 2.43. The fourth-order valence-electron chi connectivity index (χ4n) is 4.33. The van der Waals surface area contributed by atoms with Crippen molar-refractivity contribution >= 4 is 17.3 Å². The number of nitrogens with one attached hydrogen (secondary N) is 1. The van der Waals surface area contributed by atoms with Crippen LogP contribution in [0.4, 0.5) is 15.8 Å². The summed E-state index contributed by atoms with van der Waals surface area (Å²) in [6.45, 7) is 3.53. The molecule has 1 amide bonds. The lowest BCUT2D eigenvalue weighted by Crippen LogP contribution is -2.39. The molecule has 4 rings (SSSR count). The summed E-state index contributed by atoms with van der Waals surface area (Å²) in [7, 11) is 0. The van der Waals surface area contributed by atoms with Gasteiger partial charge in [-0.2, -0.15) is 0 Å². The minimum absolute atomic E-state index is 0.0138. The van der Waals surface area contributed by atoms with Gasteiger partial charge in [0.15, 0.2) is 0 Å². The van der Waals surface area contributed by atoms with Crippen LogP contribution in [0.5, 0.6) is 0 Å². The first kappa shape index (κ1) is 16.8. The van der Waals surface area contributed by atoms with Crippen LogP contribution in [0, 0.1) is 5.92 Å². The monoisotopic (exact) mass is 348 g/mol. The van der Waals surface area contributed by atoms with Gasteiger partial charge in [-0.05, 0) is 43.0 Å². The van der Waals surface area contributed by atoms with Crippen LogP contribution < -0.4 is 10.2 Å². The second-order valence-electron chi connectivity index (χ2n) is 7.28. The SMILES string of the molecule is O=C(Nc1ccc2c(c1)C1(CCOCC1)CN2CCF)C1CCOC1. The van der Waals surface area contributed by atoms with E-state index >= 15 is 0 Å². The minimum Gasteiger partial charge on any atom is -0.381 e. The van der Waals surface area contributed by atoms with Crippen molar-refractivity contribution < 1.29 is 18.7 Å². The number of nitrogens with zero attached hydrogens (tertiary/aromatic N) is 1. The van der Waals surface area contributed by atoms with Crippen LogP contribution >= 0.6 is 0 Å². The number of ether oxygens (including phenoxy) is 2. The average Bonchev–Trinajstić information content (AvgIpc) is 3.25. The summed E-state index contributed by atoms with van der Waals surface area (Å²) in [6, 6.07) is 6.04. The lowest BCUT2D eigenvalue weighted by atomic mass is 9.76. The Kier molecular flexibility index (Phi) is 4.65. The van der Waals surface area contributed by atoms with Gasteiger partial charge in [-0.3, -0.25) is 4.79 Å². The van der Waals surface area contributed by atoms with E-state index in [9.17, 15) is 9.18 Å². The van der Waals surface area contributed by atoms with Gasteiger partial charge in [0.05, 0.1) is 12.5 Å². The molecule has 1 N–H and O–H groups in total. The van der Waals surface area contributed by atoms with Crippen molar-refractivity contribution in [1.29, 1.82) is 0 Å². The number of amides is 1. The lowest BCUT2D eigenvalue weighted by molar-refractivity contribution is -0.119. The molecule has 0 aliphatic carbocycles. The Morgan fingerprint density at radius 1 is 1.28 bits per heavy atom. The number of benzene rings is 1. The van der Waals surface area contributed by atoms with Crippen LogP contribution in [0.15, 0.2) is 18.2 Å². The van der Waals surface area contributed by atoms with Gasteiger partial charge in [0.1, 0.15) is 6.67 Å². The molecule has 136 valence electrons. The predicted octanol–water partition coefficient (Wildman–Crippen LogP) is 2.50. The third kappa shape index (κ3) is 3.13. The van der Waals surface area contributed by atoms with Gasteiger partial charge in [0.25, 0.3) is 0 Å². The predicted molar refractivity (Wildman–Crippen MR) is 93.9 cm³/mol. The van der Waals surface area contributed by atoms with E-state index < -0.39 is 0 Å². The van der Waals surface area contributed by atoms with E-state index in [1.165, 1.54) is 5.56 Å². The molecule has 0 aromatic heterocycles. The molecule has 3 heterocycles. The third-order valence-electron chi connectivity index (χ3n) is 5.77. The van der Waals surface area contributed by atoms with Crippen molar-refractivity contribution in [2.45, 2.75) is 24.7 Å². The van der Waals surface area contributed by atoms with Gasteiger partial charge in [0.2, 0.25) is 5.91 Å². The highest BCUT2D eigenvalue weighted by atomic mass is 19.1. The zero-order valence-corrected chi connectivity index (χ0v) is 14.4. The Morgan fingerprint density at radius 3 is 2.84 bits per heavy atom. The highest BCUT2D eigenvalue weighted by Crippen LogP contribution is 2.47. The maximum Gasteiger partial charge on any atom is 0.229 e. The molecule has 5 nitrogen and oxygen atoms in total. The number of fused-ring (bicyclic) bond motifs is 2. The molecule has 0 bridgehead atoms. The summed E-state index contributed by atoms with van der Waals surface area (Å²) < 4.78 is 23.8. The van der Waals surface area contributed by atoms with Crippen molar-refractivity contribution in [3.05, 3.63) is 23.8 Å². The van der Waals surface area contributed by atoms with E-state index in [2.05, 4.69) is 16.3 Å². The summed E-state index contributed by atoms with van der Waals surface area (Å²) >= 11 is 0. The number of halogens is 1. The number of hydrogen-bond acceptors (Lipinski definition) is 4. The summed E-state index contributed by atoms with van der Waals surface area (Å²) in [5.74, 6) is -0.0366. The normalized spacial score (nSPS) is 24.5. The van der Waals surface area contributed by atoms with Crippen molar-refractivity contribution in [3.63, 3.8) is 0 Å². The molecule has 0 saturated carbocycles. The topological polar surface area (TPSA) is 50.8 Å². The van der Waals surface area contributed by atoms with Crippen LogP contribution in [-0.2, 0) is 19.7 Å². The van der Waals surface area contributed by atoms with Crippen LogP contribution in [0.1, 0.15) is 24.8 Å². The zero-order valence-electron chi connectivity index (χ0n) is 14.4. The molecular weight excluding hydrogens is 323 g/mol. The molecule has 6 heteroatoms. The van der Waals surface area contributed by atoms with Gasteiger partial charge in [-0.1, -0.05) is 0 Å². The fourth-order valence-corrected chi connectivity index (χ4v) is 4.33. The second-order valence-corrected chi connectivity index (χ2v) is 7.28. The van der Waals surface area contributed by atoms with Crippen LogP contribution in [0.3, 0.4) is 0 Å². The van der Waals surface area contributed by atoms with Crippen molar-refractivity contribution in [3.8, 4) is 0 Å². The number of alkyl halides is 1. The molecule has 0 radical (unpaired) electrons. The maximum atomic E-state index is 13.0. The zero-order chi connectivity index (χ0) is 17.3. The Balaban J connectivity index is 1.60. The van der Waals surface area contributed by atoms with Crippen LogP contribution in [0.2, 0.25) is 0 Å². The molecular formula is C19H25FN2O3. The molecule has 3 aliphatic heterocycles. The van der Waals surface area contributed by atoms with E-state index in [1.54, 1.807) is 0 Å². The summed E-state index contributed by atoms with van der Waals surface area (Å²) in [5.41, 5.74) is 3.16. The molecule has 1 spiro atoms. The number of rotatable bonds is 4. The highest BCUT2D eigenvalue weighted by molar-refractivity contribution is 5.93. The first-order valence-electron chi connectivity index (χ1n) is 9.14. The molecule has 25 heavy (non-hydrogen) atoms. The Bertz CT molecular complexity index is 640. The lowest BCUT2D eigenvalue weighted by Gasteiger charge is -2.34. The van der Waals surface area contributed by atoms with E-state index in [0.29, 0.717) is 19.8 Å². The van der Waals surface area contributed by atoms with E-state index in [0.717, 1.165) is 50.4 Å². The fraction of sp³-hybridized carbons (Fsp3) is 0.632. The maximum absolute atomic E-state index is 13.0. The summed E-state index contributed by atoms with van der Waals surface area (Å²) in [4.78, 5) is 14.5. The van der Waals surface area contributed by atoms with Gasteiger partial charge in [-0.15, -0.1) is 0 Å². The second kappa shape index (κ2) is 6.92. The van der Waals surface area contributed by atoms with E-state index in [-0.39, 0.29) is 23.9 Å². The number of carbonyl (C=O) groups is 1. The first-order chi connectivity index (χ1) is 12.2. The summed E-state index contributed by atoms with van der Waals surface area (Å²) in [5, 5.41) is 3.04. The molecule has 1 aromatic carbocycles. The number of anilines is 2. The third-order valence-corrected chi connectivity index (χ3v) is 5.77. The molecule has 1 unspecified atom stereocenters. The Morgan fingerprint density at radius 2 is 2.12 bits per heavy atom. The van der Waals surface area contributed by atoms with E-state index in [4.69, 9.17) is 9.47 Å². The standard InChI is InChI=1S/C19H25FN2O3/c20-6-7-22-13-19(4-9-24-10-5-19)16-11-15(1-2-17(16)22)21-18(23)14-3-8-25-12-14/h1-2,11,14H,3-10,12-13H2,(H,21,23). The molecule has 2 fully saturated rings. The first-order valence-corrected chi connectivity index (χ1v) is 9.14. The van der Waals surface area contributed by atoms with Crippen molar-refractivity contribution in [2.24, 2.45) is 5.92 Å². The molecule has 1 aromatic rings. The number of hydrogen-bond donors (Lipinski definition) is 1. The van der Waals surface area contributed by atoms with Crippen molar-refractivity contribution in [1.82, 2.24) is 0 Å².